The van der Waals surface area contributed by atoms with Crippen molar-refractivity contribution in [3.8, 4) is 11.5 Å². The zero-order chi connectivity index (χ0) is 18.6. The summed E-state index contributed by atoms with van der Waals surface area (Å²) in [6, 6.07) is 6.07. The summed E-state index contributed by atoms with van der Waals surface area (Å²) in [6.07, 6.45) is 8.76. The second-order valence-electron chi connectivity index (χ2n) is 6.83. The minimum Gasteiger partial charge on any atom is -0.493 e. The van der Waals surface area contributed by atoms with Gasteiger partial charge in [0.1, 0.15) is 17.0 Å². The van der Waals surface area contributed by atoms with Crippen LogP contribution in [0.4, 0.5) is 5.82 Å². The van der Waals surface area contributed by atoms with Gasteiger partial charge >= 0.3 is 0 Å². The molecule has 1 N–H and O–H groups in total. The SMILES string of the molecule is COc1ccc(CCNc2ncnc3sc4c(c23)CCCCC4)cc1OC. The first-order valence-electron chi connectivity index (χ1n) is 9.50. The van der Waals surface area contributed by atoms with E-state index in [9.17, 15) is 0 Å². The molecule has 142 valence electrons. The van der Waals surface area contributed by atoms with Crippen LogP contribution in [0.25, 0.3) is 10.2 Å². The molecule has 27 heavy (non-hydrogen) atoms. The number of thiophene rings is 1. The third-order valence-corrected chi connectivity index (χ3v) is 6.36. The van der Waals surface area contributed by atoms with Crippen molar-refractivity contribution in [3.63, 3.8) is 0 Å². The number of ether oxygens (including phenoxy) is 2. The zero-order valence-electron chi connectivity index (χ0n) is 15.9. The number of fused-ring (bicyclic) bond motifs is 3. The first kappa shape index (κ1) is 18.0. The monoisotopic (exact) mass is 383 g/mol. The van der Waals surface area contributed by atoms with Gasteiger partial charge in [0, 0.05) is 11.4 Å². The molecule has 6 heteroatoms. The number of nitrogens with zero attached hydrogens (tertiary/aromatic N) is 2. The van der Waals surface area contributed by atoms with Crippen molar-refractivity contribution >= 4 is 27.4 Å². The largest absolute Gasteiger partial charge is 0.493 e. The first-order valence-corrected chi connectivity index (χ1v) is 10.3. The van der Waals surface area contributed by atoms with Crippen LogP contribution < -0.4 is 14.8 Å². The van der Waals surface area contributed by atoms with E-state index in [0.717, 1.165) is 41.5 Å². The van der Waals surface area contributed by atoms with Crippen molar-refractivity contribution in [1.29, 1.82) is 0 Å². The van der Waals surface area contributed by atoms with E-state index >= 15 is 0 Å². The predicted octanol–water partition coefficient (Wildman–Crippen LogP) is 4.63. The molecule has 0 fully saturated rings. The van der Waals surface area contributed by atoms with Gasteiger partial charge in [-0.1, -0.05) is 12.5 Å². The van der Waals surface area contributed by atoms with Gasteiger partial charge in [0.2, 0.25) is 0 Å². The Labute approximate surface area is 163 Å². The van der Waals surface area contributed by atoms with Crippen molar-refractivity contribution in [1.82, 2.24) is 9.97 Å². The quantitative estimate of drug-likeness (QED) is 0.629. The van der Waals surface area contributed by atoms with E-state index in [1.807, 2.05) is 23.5 Å². The summed E-state index contributed by atoms with van der Waals surface area (Å²) in [4.78, 5) is 11.7. The van der Waals surface area contributed by atoms with Crippen molar-refractivity contribution in [3.05, 3.63) is 40.5 Å². The van der Waals surface area contributed by atoms with Crippen LogP contribution in [0.3, 0.4) is 0 Å². The standard InChI is InChI=1S/C21H25N3O2S/c1-25-16-9-8-14(12-17(16)26-2)10-11-22-20-19-15-6-4-3-5-7-18(15)27-21(19)24-13-23-20/h8-9,12-13H,3-7,10-11H2,1-2H3,(H,22,23,24). The third kappa shape index (κ3) is 3.72. The average molecular weight is 384 g/mol. The fourth-order valence-electron chi connectivity index (χ4n) is 3.76. The molecule has 0 saturated heterocycles. The van der Waals surface area contributed by atoms with Crippen LogP contribution in [0.15, 0.2) is 24.5 Å². The number of rotatable bonds is 6. The zero-order valence-corrected chi connectivity index (χ0v) is 16.7. The lowest BCUT2D eigenvalue weighted by Gasteiger charge is -2.11. The summed E-state index contributed by atoms with van der Waals surface area (Å²) in [6.45, 7) is 0.812. The Hall–Kier alpha value is -2.34. The number of benzene rings is 1. The van der Waals surface area contributed by atoms with Crippen LogP contribution in [0.5, 0.6) is 11.5 Å². The van der Waals surface area contributed by atoms with E-state index in [0.29, 0.717) is 0 Å². The molecule has 0 aliphatic heterocycles. The van der Waals surface area contributed by atoms with Crippen LogP contribution in [-0.2, 0) is 19.3 Å². The summed E-state index contributed by atoms with van der Waals surface area (Å²) in [5, 5.41) is 4.78. The van der Waals surface area contributed by atoms with Crippen LogP contribution in [0, 0.1) is 0 Å². The molecule has 3 aromatic rings. The smallest absolute Gasteiger partial charge is 0.160 e. The lowest BCUT2D eigenvalue weighted by Crippen LogP contribution is -2.07. The summed E-state index contributed by atoms with van der Waals surface area (Å²) in [5.41, 5.74) is 2.68. The maximum Gasteiger partial charge on any atom is 0.160 e. The topological polar surface area (TPSA) is 56.3 Å². The number of hydrogen-bond acceptors (Lipinski definition) is 6. The molecule has 2 aromatic heterocycles. The second-order valence-corrected chi connectivity index (χ2v) is 7.92. The summed E-state index contributed by atoms with van der Waals surface area (Å²) < 4.78 is 10.7. The van der Waals surface area contributed by atoms with E-state index in [2.05, 4.69) is 21.4 Å². The molecule has 0 spiro atoms. The maximum atomic E-state index is 5.40. The summed E-state index contributed by atoms with van der Waals surface area (Å²) >= 11 is 1.84. The maximum absolute atomic E-state index is 5.40. The summed E-state index contributed by atoms with van der Waals surface area (Å²) in [7, 11) is 3.32. The Balaban J connectivity index is 1.52. The van der Waals surface area contributed by atoms with Crippen molar-refractivity contribution in [2.45, 2.75) is 38.5 Å². The lowest BCUT2D eigenvalue weighted by molar-refractivity contribution is 0.354. The summed E-state index contributed by atoms with van der Waals surface area (Å²) in [5.74, 6) is 2.50. The molecule has 1 aromatic carbocycles. The molecule has 4 rings (SSSR count). The third-order valence-electron chi connectivity index (χ3n) is 5.16. The van der Waals surface area contributed by atoms with E-state index in [4.69, 9.17) is 9.47 Å². The Morgan fingerprint density at radius 2 is 1.89 bits per heavy atom. The molecule has 1 aliphatic carbocycles. The predicted molar refractivity (Wildman–Crippen MR) is 110 cm³/mol. The highest BCUT2D eigenvalue weighted by atomic mass is 32.1. The van der Waals surface area contributed by atoms with Gasteiger partial charge in [-0.15, -0.1) is 11.3 Å². The van der Waals surface area contributed by atoms with Gasteiger partial charge in [-0.05, 0) is 55.4 Å². The lowest BCUT2D eigenvalue weighted by atomic mass is 10.1. The Kier molecular flexibility index (Phi) is 5.43. The van der Waals surface area contributed by atoms with Crippen LogP contribution in [0.2, 0.25) is 0 Å². The van der Waals surface area contributed by atoms with Gasteiger partial charge in [-0.2, -0.15) is 0 Å². The van der Waals surface area contributed by atoms with Crippen LogP contribution in [0.1, 0.15) is 35.3 Å². The van der Waals surface area contributed by atoms with Gasteiger partial charge in [-0.25, -0.2) is 9.97 Å². The van der Waals surface area contributed by atoms with Crippen molar-refractivity contribution in [2.75, 3.05) is 26.1 Å². The normalized spacial score (nSPS) is 13.9. The van der Waals surface area contributed by atoms with Crippen molar-refractivity contribution < 1.29 is 9.47 Å². The van der Waals surface area contributed by atoms with Crippen molar-refractivity contribution in [2.24, 2.45) is 0 Å². The van der Waals surface area contributed by atoms with E-state index in [-0.39, 0.29) is 0 Å². The minimum atomic E-state index is 0.757. The molecular formula is C21H25N3O2S. The number of aryl methyl sites for hydroxylation is 2. The number of methoxy groups -OCH3 is 2. The van der Waals surface area contributed by atoms with Crippen LogP contribution in [-0.4, -0.2) is 30.7 Å². The molecule has 0 unspecified atom stereocenters. The Morgan fingerprint density at radius 1 is 1.04 bits per heavy atom. The molecular weight excluding hydrogens is 358 g/mol. The van der Waals surface area contributed by atoms with Crippen LogP contribution >= 0.6 is 11.3 Å². The molecule has 0 amide bonds. The molecule has 0 radical (unpaired) electrons. The molecule has 0 bridgehead atoms. The van der Waals surface area contributed by atoms with Gasteiger partial charge in [-0.3, -0.25) is 0 Å². The van der Waals surface area contributed by atoms with Gasteiger partial charge in [0.05, 0.1) is 19.6 Å². The van der Waals surface area contributed by atoms with Gasteiger partial charge in [0.25, 0.3) is 0 Å². The molecule has 5 nitrogen and oxygen atoms in total. The minimum absolute atomic E-state index is 0.757. The average Bonchev–Trinajstić information content (AvgIpc) is 2.90. The van der Waals surface area contributed by atoms with Gasteiger partial charge in [0.15, 0.2) is 11.5 Å². The van der Waals surface area contributed by atoms with Gasteiger partial charge < -0.3 is 14.8 Å². The highest BCUT2D eigenvalue weighted by molar-refractivity contribution is 7.18. The first-order chi connectivity index (χ1) is 13.3. The number of nitrogens with one attached hydrogen (secondary N) is 1. The molecule has 0 saturated carbocycles. The van der Waals surface area contributed by atoms with E-state index in [1.54, 1.807) is 20.5 Å². The number of anilines is 1. The second kappa shape index (κ2) is 8.13. The Bertz CT molecular complexity index is 939. The molecule has 0 atom stereocenters. The van der Waals surface area contributed by atoms with E-state index < -0.39 is 0 Å². The molecule has 2 heterocycles. The fraction of sp³-hybridized carbons (Fsp3) is 0.429. The Morgan fingerprint density at radius 3 is 2.74 bits per heavy atom. The highest BCUT2D eigenvalue weighted by Crippen LogP contribution is 2.37. The van der Waals surface area contributed by atoms with E-state index in [1.165, 1.54) is 47.1 Å². The highest BCUT2D eigenvalue weighted by Gasteiger charge is 2.18. The number of aromatic nitrogens is 2. The number of hydrogen-bond donors (Lipinski definition) is 1. The fourth-order valence-corrected chi connectivity index (χ4v) is 4.99. The molecule has 1 aliphatic rings.